The van der Waals surface area contributed by atoms with Gasteiger partial charge in [0.2, 0.25) is 5.91 Å². The number of amides is 2. The highest BCUT2D eigenvalue weighted by atomic mass is 35.5. The zero-order chi connectivity index (χ0) is 35.5. The number of halogens is 1. The Kier molecular flexibility index (Phi) is 11.4. The van der Waals surface area contributed by atoms with Crippen LogP contribution < -0.4 is 14.4 Å². The summed E-state index contributed by atoms with van der Waals surface area (Å²) in [5.74, 6) is 0.0746. The van der Waals surface area contributed by atoms with Crippen molar-refractivity contribution in [1.29, 1.82) is 0 Å². The minimum atomic E-state index is -3.42. The van der Waals surface area contributed by atoms with Gasteiger partial charge in [-0.25, -0.2) is 9.19 Å². The fourth-order valence-corrected chi connectivity index (χ4v) is 9.97. The number of aromatic nitrogens is 1. The first-order chi connectivity index (χ1) is 24.0. The number of nitrogens with zero attached hydrogens (tertiary/aromatic N) is 3. The predicted octanol–water partition coefficient (Wildman–Crippen LogP) is 7.49. The third kappa shape index (κ3) is 8.11. The molecule has 1 aromatic heterocycles. The molecule has 1 N–H and O–H groups in total. The fraction of sp³-hybridized carbons (Fsp3) is 0.500. The lowest BCUT2D eigenvalue weighted by molar-refractivity contribution is -0.119. The number of nitrogens with one attached hydrogen (secondary N) is 1. The minimum absolute atomic E-state index is 0.0419. The summed E-state index contributed by atoms with van der Waals surface area (Å²) in [6.45, 7) is 8.31. The number of anilines is 1. The highest BCUT2D eigenvalue weighted by Gasteiger charge is 2.42. The summed E-state index contributed by atoms with van der Waals surface area (Å²) in [5.41, 5.74) is 5.93. The van der Waals surface area contributed by atoms with Crippen LogP contribution in [0.5, 0.6) is 5.75 Å². The lowest BCUT2D eigenvalue weighted by Gasteiger charge is -2.42. The van der Waals surface area contributed by atoms with Crippen molar-refractivity contribution in [2.45, 2.75) is 77.2 Å². The standard InChI is InChI=1S/C38H47ClN4O5S2/c1-25-21-43-22-38(17-8-9-28-19-30(39)12-13-31(28)38)23-48-35-15-11-29(20-33(35)43)37(45)42-50(46,18-7-5-6-10-34(47-4)26(25)2)41-36(44)16-14-32-27(3)49-24-40-32/h6,10-13,15,19-20,24-26,34H,5,7-9,14,16-18,21-23H2,1-4H3,(H,41,42,44,45,46)/b10-6-/t25-,26+,34-,38-,50?/m0/s1. The molecule has 6 rings (SSSR count). The molecular weight excluding hydrogens is 692 g/mol. The average molecular weight is 739 g/mol. The van der Waals surface area contributed by atoms with Crippen molar-refractivity contribution in [2.75, 3.05) is 37.5 Å². The van der Waals surface area contributed by atoms with E-state index in [1.54, 1.807) is 18.7 Å². The Morgan fingerprint density at radius 3 is 2.84 bits per heavy atom. The second kappa shape index (κ2) is 15.6. The normalized spacial score (nSPS) is 27.8. The van der Waals surface area contributed by atoms with Crippen LogP contribution in [0.1, 0.15) is 78.0 Å². The summed E-state index contributed by atoms with van der Waals surface area (Å²) in [6, 6.07) is 11.5. The number of benzene rings is 2. The highest BCUT2D eigenvalue weighted by molar-refractivity contribution is 7.92. The number of methoxy groups -OCH3 is 1. The van der Waals surface area contributed by atoms with Gasteiger partial charge in [-0.15, -0.1) is 15.7 Å². The van der Waals surface area contributed by atoms with Crippen molar-refractivity contribution in [1.82, 2.24) is 9.71 Å². The third-order valence-electron chi connectivity index (χ3n) is 10.5. The molecular formula is C38H47ClN4O5S2. The zero-order valence-electron chi connectivity index (χ0n) is 29.3. The third-order valence-corrected chi connectivity index (χ3v) is 13.4. The van der Waals surface area contributed by atoms with E-state index in [9.17, 15) is 13.8 Å². The molecule has 9 nitrogen and oxygen atoms in total. The molecule has 50 heavy (non-hydrogen) atoms. The molecule has 1 aliphatic carbocycles. The van der Waals surface area contributed by atoms with E-state index in [1.807, 2.05) is 31.2 Å². The number of rotatable bonds is 5. The first-order valence-corrected chi connectivity index (χ1v) is 20.4. The van der Waals surface area contributed by atoms with Gasteiger partial charge in [-0.2, -0.15) is 0 Å². The van der Waals surface area contributed by atoms with Gasteiger partial charge in [-0.1, -0.05) is 43.7 Å². The zero-order valence-corrected chi connectivity index (χ0v) is 31.7. The maximum Gasteiger partial charge on any atom is 0.286 e. The Labute approximate surface area is 305 Å². The summed E-state index contributed by atoms with van der Waals surface area (Å²) in [4.78, 5) is 34.7. The van der Waals surface area contributed by atoms with E-state index in [1.165, 1.54) is 22.5 Å². The molecule has 3 aromatic rings. The Morgan fingerprint density at radius 2 is 2.06 bits per heavy atom. The van der Waals surface area contributed by atoms with Crippen LogP contribution in [0.3, 0.4) is 0 Å². The van der Waals surface area contributed by atoms with Crippen molar-refractivity contribution in [3.05, 3.63) is 86.3 Å². The van der Waals surface area contributed by atoms with Crippen molar-refractivity contribution in [3.63, 3.8) is 0 Å². The van der Waals surface area contributed by atoms with E-state index < -0.39 is 21.7 Å². The molecule has 3 aliphatic rings. The van der Waals surface area contributed by atoms with Crippen LogP contribution in [0.25, 0.3) is 0 Å². The van der Waals surface area contributed by atoms with Crippen LogP contribution in [-0.2, 0) is 37.7 Å². The van der Waals surface area contributed by atoms with Crippen molar-refractivity contribution in [3.8, 4) is 5.75 Å². The van der Waals surface area contributed by atoms with Gasteiger partial charge in [0.05, 0.1) is 35.4 Å². The number of thiazole rings is 1. The van der Waals surface area contributed by atoms with E-state index >= 15 is 0 Å². The van der Waals surface area contributed by atoms with E-state index in [0.717, 1.165) is 40.5 Å². The number of allylic oxidation sites excluding steroid dienone is 1. The summed E-state index contributed by atoms with van der Waals surface area (Å²) >= 11 is 7.96. The molecule has 2 aliphatic heterocycles. The predicted molar refractivity (Wildman–Crippen MR) is 201 cm³/mol. The highest BCUT2D eigenvalue weighted by Crippen LogP contribution is 2.45. The Hall–Kier alpha value is -3.25. The van der Waals surface area contributed by atoms with Gasteiger partial charge in [0, 0.05) is 47.5 Å². The van der Waals surface area contributed by atoms with Gasteiger partial charge in [-0.05, 0) is 98.7 Å². The molecule has 0 saturated heterocycles. The number of carbonyl (C=O) groups excluding carboxylic acids is 2. The van der Waals surface area contributed by atoms with Crippen molar-refractivity contribution >= 4 is 50.4 Å². The molecule has 1 spiro atoms. The molecule has 5 atom stereocenters. The van der Waals surface area contributed by atoms with Crippen LogP contribution in [0.4, 0.5) is 5.69 Å². The minimum Gasteiger partial charge on any atom is -0.490 e. The van der Waals surface area contributed by atoms with Gasteiger partial charge in [0.1, 0.15) is 15.7 Å². The smallest absolute Gasteiger partial charge is 0.286 e. The first-order valence-electron chi connectivity index (χ1n) is 17.5. The molecule has 3 heterocycles. The summed E-state index contributed by atoms with van der Waals surface area (Å²) in [5, 5.41) is 0.735. The van der Waals surface area contributed by atoms with Gasteiger partial charge in [0.15, 0.2) is 0 Å². The monoisotopic (exact) mass is 738 g/mol. The largest absolute Gasteiger partial charge is 0.490 e. The Morgan fingerprint density at radius 1 is 1.22 bits per heavy atom. The SMILES string of the molecule is CO[C@H]1/C=C\CCCS(=O)(NC(=O)CCc2ncsc2C)=NC(=O)c2ccc3c(c2)N(C[C@H](C)[C@H]1C)C[C@@]1(CCCc2cc(Cl)ccc21)CO3. The molecule has 2 aromatic carbocycles. The van der Waals surface area contributed by atoms with Crippen LogP contribution in [0.2, 0.25) is 5.02 Å². The molecule has 0 saturated carbocycles. The molecule has 268 valence electrons. The Balaban J connectivity index is 1.37. The average Bonchev–Trinajstić information content (AvgIpc) is 3.44. The molecule has 1 unspecified atom stereocenters. The quantitative estimate of drug-likeness (QED) is 0.270. The molecule has 2 amide bonds. The van der Waals surface area contributed by atoms with Crippen molar-refractivity contribution in [2.24, 2.45) is 16.2 Å². The van der Waals surface area contributed by atoms with Gasteiger partial charge >= 0.3 is 0 Å². The number of hydrogen-bond acceptors (Lipinski definition) is 8. The number of hydrogen-bond donors (Lipinski definition) is 1. The fourth-order valence-electron chi connectivity index (χ4n) is 7.52. The van der Waals surface area contributed by atoms with Gasteiger partial charge in [0.25, 0.3) is 5.91 Å². The van der Waals surface area contributed by atoms with Crippen LogP contribution >= 0.6 is 22.9 Å². The summed E-state index contributed by atoms with van der Waals surface area (Å²) in [6.07, 6.45) is 8.54. The number of aryl methyl sites for hydroxylation is 3. The maximum atomic E-state index is 14.2. The van der Waals surface area contributed by atoms with Crippen LogP contribution in [0, 0.1) is 18.8 Å². The molecule has 0 fully saturated rings. The van der Waals surface area contributed by atoms with Crippen LogP contribution in [-0.4, -0.2) is 59.7 Å². The Bertz CT molecular complexity index is 1890. The molecule has 2 bridgehead atoms. The lowest BCUT2D eigenvalue weighted by atomic mass is 9.70. The van der Waals surface area contributed by atoms with E-state index in [4.69, 9.17) is 21.1 Å². The topological polar surface area (TPSA) is 110 Å². The van der Waals surface area contributed by atoms with Gasteiger partial charge < -0.3 is 14.4 Å². The van der Waals surface area contributed by atoms with E-state index in [-0.39, 0.29) is 35.5 Å². The number of ether oxygens (including phenoxy) is 2. The summed E-state index contributed by atoms with van der Waals surface area (Å²) < 4.78 is 33.7. The number of carbonyl (C=O) groups is 2. The summed E-state index contributed by atoms with van der Waals surface area (Å²) in [7, 11) is -1.69. The second-order valence-electron chi connectivity index (χ2n) is 14.0. The first kappa shape index (κ1) is 36.5. The van der Waals surface area contributed by atoms with Gasteiger partial charge in [-0.3, -0.25) is 14.3 Å². The second-order valence-corrected chi connectivity index (χ2v) is 17.6. The molecule has 0 radical (unpaired) electrons. The van der Waals surface area contributed by atoms with Crippen molar-refractivity contribution < 1.29 is 23.3 Å². The van der Waals surface area contributed by atoms with Crippen LogP contribution in [0.15, 0.2) is 58.4 Å². The van der Waals surface area contributed by atoms with E-state index in [2.05, 4.69) is 51.0 Å². The lowest BCUT2D eigenvalue weighted by Crippen LogP contribution is -2.47. The van der Waals surface area contributed by atoms with E-state index in [0.29, 0.717) is 50.3 Å². The number of fused-ring (bicyclic) bond motifs is 3. The molecule has 12 heteroatoms. The maximum absolute atomic E-state index is 14.2.